The van der Waals surface area contributed by atoms with Crippen LogP contribution in [0.25, 0.3) is 0 Å². The van der Waals surface area contributed by atoms with Gasteiger partial charge in [0.25, 0.3) is 0 Å². The summed E-state index contributed by atoms with van der Waals surface area (Å²) in [6.45, 7) is 0.678. The molecular formula is C8H16O7. The van der Waals surface area contributed by atoms with E-state index in [-0.39, 0.29) is 0 Å². The Hall–Kier alpha value is -0.730. The van der Waals surface area contributed by atoms with E-state index in [1.807, 2.05) is 0 Å². The number of aliphatic hydroxyl groups excluding tert-OH is 5. The molecule has 0 bridgehead atoms. The Bertz CT molecular complexity index is 207. The highest BCUT2D eigenvalue weighted by Crippen LogP contribution is 2.14. The van der Waals surface area contributed by atoms with E-state index < -0.39 is 42.9 Å². The van der Waals surface area contributed by atoms with Crippen LogP contribution in [0.4, 0.5) is 0 Å². The van der Waals surface area contributed by atoms with Crippen LogP contribution in [0, 0.1) is 5.92 Å². The number of carbonyl (C=O) groups is 1. The smallest absolute Gasteiger partial charge is 0.335 e. The Morgan fingerprint density at radius 1 is 1.13 bits per heavy atom. The van der Waals surface area contributed by atoms with Crippen LogP contribution in [0.5, 0.6) is 0 Å². The number of carboxylic acid groups (broad SMARTS) is 1. The molecule has 6 N–H and O–H groups in total. The van der Waals surface area contributed by atoms with E-state index in [0.29, 0.717) is 0 Å². The van der Waals surface area contributed by atoms with Crippen molar-refractivity contribution in [3.63, 3.8) is 0 Å². The lowest BCUT2D eigenvalue weighted by atomic mass is 9.92. The van der Waals surface area contributed by atoms with Crippen LogP contribution in [-0.2, 0) is 4.79 Å². The van der Waals surface area contributed by atoms with Crippen LogP contribution < -0.4 is 0 Å². The Kier molecular flexibility index (Phi) is 5.69. The second-order valence-corrected chi connectivity index (χ2v) is 3.37. The van der Waals surface area contributed by atoms with E-state index in [1.54, 1.807) is 0 Å². The van der Waals surface area contributed by atoms with Crippen molar-refractivity contribution in [1.82, 2.24) is 0 Å². The molecule has 0 saturated carbocycles. The molecule has 0 fully saturated rings. The number of hydrogen-bond acceptors (Lipinski definition) is 6. The van der Waals surface area contributed by atoms with Crippen molar-refractivity contribution in [2.75, 3.05) is 6.61 Å². The summed E-state index contributed by atoms with van der Waals surface area (Å²) in [5.41, 5.74) is 0. The summed E-state index contributed by atoms with van der Waals surface area (Å²) in [4.78, 5) is 10.3. The van der Waals surface area contributed by atoms with Gasteiger partial charge in [-0.25, -0.2) is 4.79 Å². The molecule has 15 heavy (non-hydrogen) atoms. The zero-order chi connectivity index (χ0) is 12.2. The Labute approximate surface area is 86.2 Å². The molecule has 0 aliphatic carbocycles. The molecule has 7 heteroatoms. The highest BCUT2D eigenvalue weighted by molar-refractivity contribution is 5.72. The lowest BCUT2D eigenvalue weighted by Gasteiger charge is -2.27. The molecule has 0 aliphatic rings. The second kappa shape index (κ2) is 5.99. The van der Waals surface area contributed by atoms with Gasteiger partial charge in [-0.15, -0.1) is 0 Å². The van der Waals surface area contributed by atoms with Gasteiger partial charge in [-0.2, -0.15) is 0 Å². The van der Waals surface area contributed by atoms with E-state index in [9.17, 15) is 15.0 Å². The third-order valence-corrected chi connectivity index (χ3v) is 2.26. The van der Waals surface area contributed by atoms with Crippen LogP contribution in [0.2, 0.25) is 0 Å². The average molecular weight is 224 g/mol. The van der Waals surface area contributed by atoms with Gasteiger partial charge in [-0.3, -0.25) is 0 Å². The summed E-state index contributed by atoms with van der Waals surface area (Å²) in [5.74, 6) is -2.63. The van der Waals surface area contributed by atoms with Gasteiger partial charge >= 0.3 is 5.97 Å². The molecule has 0 aromatic carbocycles. The predicted octanol–water partition coefficient (Wildman–Crippen LogP) is -2.86. The topological polar surface area (TPSA) is 138 Å². The highest BCUT2D eigenvalue weighted by Gasteiger charge is 2.35. The fraction of sp³-hybridized carbons (Fsp3) is 0.875. The SMILES string of the molecule is CC(C(O)CO)C(O)C(O)C(O)C(=O)O. The number of hydrogen-bond donors (Lipinski definition) is 6. The molecule has 90 valence electrons. The summed E-state index contributed by atoms with van der Waals surface area (Å²) in [6.07, 6.45) is -6.99. The first-order chi connectivity index (χ1) is 6.82. The number of aliphatic carboxylic acids is 1. The first-order valence-electron chi connectivity index (χ1n) is 4.38. The highest BCUT2D eigenvalue weighted by atomic mass is 16.4. The van der Waals surface area contributed by atoms with Crippen LogP contribution in [-0.4, -0.2) is 67.6 Å². The quantitative estimate of drug-likeness (QED) is 0.285. The molecule has 5 unspecified atom stereocenters. The standard InChI is InChI=1S/C8H16O7/c1-3(4(10)2-9)5(11)6(12)7(13)8(14)15/h3-7,9-13H,2H2,1H3,(H,14,15). The minimum Gasteiger partial charge on any atom is -0.479 e. The molecule has 0 spiro atoms. The first-order valence-corrected chi connectivity index (χ1v) is 4.38. The maximum absolute atomic E-state index is 10.3. The number of rotatable bonds is 6. The number of aliphatic hydroxyl groups is 5. The van der Waals surface area contributed by atoms with Crippen LogP contribution in [0.3, 0.4) is 0 Å². The lowest BCUT2D eigenvalue weighted by molar-refractivity contribution is -0.162. The summed E-state index contributed by atoms with van der Waals surface area (Å²) in [6, 6.07) is 0. The minimum atomic E-state index is -2.13. The zero-order valence-corrected chi connectivity index (χ0v) is 8.19. The molecule has 0 heterocycles. The van der Waals surface area contributed by atoms with Crippen molar-refractivity contribution in [2.45, 2.75) is 31.3 Å². The van der Waals surface area contributed by atoms with Crippen LogP contribution in [0.1, 0.15) is 6.92 Å². The maximum atomic E-state index is 10.3. The summed E-state index contributed by atoms with van der Waals surface area (Å²) in [7, 11) is 0. The molecule has 7 nitrogen and oxygen atoms in total. The third kappa shape index (κ3) is 3.73. The van der Waals surface area contributed by atoms with E-state index in [2.05, 4.69) is 0 Å². The second-order valence-electron chi connectivity index (χ2n) is 3.37. The van der Waals surface area contributed by atoms with Crippen molar-refractivity contribution in [3.8, 4) is 0 Å². The molecular weight excluding hydrogens is 208 g/mol. The van der Waals surface area contributed by atoms with Gasteiger partial charge in [-0.1, -0.05) is 6.92 Å². The predicted molar refractivity (Wildman–Crippen MR) is 47.9 cm³/mol. The summed E-state index contributed by atoms with van der Waals surface area (Å²) >= 11 is 0. The minimum absolute atomic E-state index is 0.631. The fourth-order valence-corrected chi connectivity index (χ4v) is 1.04. The lowest BCUT2D eigenvalue weighted by Crippen LogP contribution is -2.48. The average Bonchev–Trinajstić information content (AvgIpc) is 2.23. The molecule has 0 aliphatic heterocycles. The van der Waals surface area contributed by atoms with Crippen molar-refractivity contribution >= 4 is 5.97 Å². The number of carboxylic acids is 1. The maximum Gasteiger partial charge on any atom is 0.335 e. The molecule has 0 aromatic heterocycles. The van der Waals surface area contributed by atoms with Crippen molar-refractivity contribution < 1.29 is 35.4 Å². The summed E-state index contributed by atoms with van der Waals surface area (Å²) in [5, 5.41) is 53.5. The Morgan fingerprint density at radius 3 is 1.93 bits per heavy atom. The molecule has 0 saturated heterocycles. The molecule has 0 aromatic rings. The first kappa shape index (κ1) is 14.3. The molecule has 5 atom stereocenters. The molecule has 0 amide bonds. The summed E-state index contributed by atoms with van der Waals surface area (Å²) < 4.78 is 0. The zero-order valence-electron chi connectivity index (χ0n) is 8.19. The monoisotopic (exact) mass is 224 g/mol. The van der Waals surface area contributed by atoms with Gasteiger partial charge in [0.15, 0.2) is 6.10 Å². The van der Waals surface area contributed by atoms with Gasteiger partial charge in [0.2, 0.25) is 0 Å². The van der Waals surface area contributed by atoms with Gasteiger partial charge < -0.3 is 30.6 Å². The van der Waals surface area contributed by atoms with Gasteiger partial charge in [0, 0.05) is 5.92 Å². The van der Waals surface area contributed by atoms with Gasteiger partial charge in [0.1, 0.15) is 6.10 Å². The van der Waals surface area contributed by atoms with Gasteiger partial charge in [-0.05, 0) is 0 Å². The van der Waals surface area contributed by atoms with Crippen molar-refractivity contribution in [2.24, 2.45) is 5.92 Å². The van der Waals surface area contributed by atoms with E-state index in [1.165, 1.54) is 6.92 Å². The van der Waals surface area contributed by atoms with E-state index >= 15 is 0 Å². The van der Waals surface area contributed by atoms with E-state index in [4.69, 9.17) is 20.4 Å². The normalized spacial score (nSPS) is 21.5. The fourth-order valence-electron chi connectivity index (χ4n) is 1.04. The molecule has 0 radical (unpaired) electrons. The Balaban J connectivity index is 4.42. The van der Waals surface area contributed by atoms with Crippen molar-refractivity contribution in [1.29, 1.82) is 0 Å². The van der Waals surface area contributed by atoms with Gasteiger partial charge in [0.05, 0.1) is 18.8 Å². The third-order valence-electron chi connectivity index (χ3n) is 2.26. The van der Waals surface area contributed by atoms with Crippen molar-refractivity contribution in [3.05, 3.63) is 0 Å². The largest absolute Gasteiger partial charge is 0.479 e. The van der Waals surface area contributed by atoms with Crippen LogP contribution >= 0.6 is 0 Å². The Morgan fingerprint density at radius 2 is 1.60 bits per heavy atom. The van der Waals surface area contributed by atoms with E-state index in [0.717, 1.165) is 0 Å². The van der Waals surface area contributed by atoms with Crippen LogP contribution in [0.15, 0.2) is 0 Å². The molecule has 0 rings (SSSR count).